The molecule has 0 aliphatic carbocycles. The molecular formula is C13H18N4O2S. The number of ether oxygens (including phenoxy) is 1. The molecule has 2 heterocycles. The van der Waals surface area contributed by atoms with Gasteiger partial charge in [-0.25, -0.2) is 0 Å². The normalized spacial score (nSPS) is 18.1. The molecule has 1 aliphatic rings. The smallest absolute Gasteiger partial charge is 0.265 e. The van der Waals surface area contributed by atoms with E-state index < -0.39 is 0 Å². The molecule has 2 rings (SSSR count). The lowest BCUT2D eigenvalue weighted by Gasteiger charge is -2.16. The minimum absolute atomic E-state index is 0.165. The predicted octanol–water partition coefficient (Wildman–Crippen LogP) is 1.13. The lowest BCUT2D eigenvalue weighted by atomic mass is 10.2. The highest BCUT2D eigenvalue weighted by Gasteiger charge is 2.29. The lowest BCUT2D eigenvalue weighted by molar-refractivity contribution is 0.0833. The number of anilines is 2. The van der Waals surface area contributed by atoms with Crippen LogP contribution in [0.25, 0.3) is 0 Å². The van der Waals surface area contributed by atoms with Gasteiger partial charge in [-0.1, -0.05) is 0 Å². The molecule has 108 valence electrons. The molecule has 1 amide bonds. The van der Waals surface area contributed by atoms with Crippen molar-refractivity contribution in [2.24, 2.45) is 0 Å². The van der Waals surface area contributed by atoms with Crippen LogP contribution in [0.1, 0.15) is 21.7 Å². The van der Waals surface area contributed by atoms with Crippen molar-refractivity contribution in [3.8, 4) is 6.07 Å². The number of amides is 1. The standard InChI is InChI=1S/C13H18N4O2S/c1-16(2)12(18)11-10(15)9(6-14)13(20-11)17-5-4-8(7-17)19-3/h8H,4-5,7,15H2,1-3H3. The summed E-state index contributed by atoms with van der Waals surface area (Å²) in [6, 6.07) is 2.12. The molecule has 1 fully saturated rings. The van der Waals surface area contributed by atoms with Gasteiger partial charge in [0.1, 0.15) is 21.5 Å². The van der Waals surface area contributed by atoms with Gasteiger partial charge in [-0.3, -0.25) is 4.79 Å². The predicted molar refractivity (Wildman–Crippen MR) is 79.1 cm³/mol. The summed E-state index contributed by atoms with van der Waals surface area (Å²) in [7, 11) is 5.02. The zero-order valence-electron chi connectivity index (χ0n) is 11.8. The molecule has 0 bridgehead atoms. The average molecular weight is 294 g/mol. The van der Waals surface area contributed by atoms with Gasteiger partial charge in [0.2, 0.25) is 0 Å². The van der Waals surface area contributed by atoms with Crippen molar-refractivity contribution in [1.82, 2.24) is 4.90 Å². The highest BCUT2D eigenvalue weighted by Crippen LogP contribution is 2.39. The lowest BCUT2D eigenvalue weighted by Crippen LogP contribution is -2.22. The Bertz CT molecular complexity index is 561. The minimum atomic E-state index is -0.169. The molecule has 1 unspecified atom stereocenters. The fraction of sp³-hybridized carbons (Fsp3) is 0.538. The first-order valence-corrected chi connectivity index (χ1v) is 7.13. The van der Waals surface area contributed by atoms with Crippen molar-refractivity contribution >= 4 is 27.9 Å². The Morgan fingerprint density at radius 3 is 2.80 bits per heavy atom. The average Bonchev–Trinajstić information content (AvgIpc) is 3.01. The van der Waals surface area contributed by atoms with Gasteiger partial charge in [-0.05, 0) is 6.42 Å². The van der Waals surface area contributed by atoms with Crippen molar-refractivity contribution in [3.05, 3.63) is 10.4 Å². The van der Waals surface area contributed by atoms with Crippen LogP contribution in [0.5, 0.6) is 0 Å². The second kappa shape index (κ2) is 5.69. The van der Waals surface area contributed by atoms with E-state index in [0.29, 0.717) is 10.4 Å². The summed E-state index contributed by atoms with van der Waals surface area (Å²) in [5.74, 6) is -0.169. The number of methoxy groups -OCH3 is 1. The van der Waals surface area contributed by atoms with Gasteiger partial charge in [-0.2, -0.15) is 5.26 Å². The van der Waals surface area contributed by atoms with Gasteiger partial charge in [0.25, 0.3) is 5.91 Å². The van der Waals surface area contributed by atoms with Crippen molar-refractivity contribution < 1.29 is 9.53 Å². The van der Waals surface area contributed by atoms with Gasteiger partial charge in [0.15, 0.2) is 0 Å². The number of hydrogen-bond donors (Lipinski definition) is 1. The third-order valence-corrected chi connectivity index (χ3v) is 4.66. The van der Waals surface area contributed by atoms with Gasteiger partial charge in [0.05, 0.1) is 11.8 Å². The van der Waals surface area contributed by atoms with E-state index >= 15 is 0 Å². The monoisotopic (exact) mass is 294 g/mol. The Labute approximate surface area is 122 Å². The molecular weight excluding hydrogens is 276 g/mol. The molecule has 20 heavy (non-hydrogen) atoms. The summed E-state index contributed by atoms with van der Waals surface area (Å²) in [5.41, 5.74) is 6.65. The van der Waals surface area contributed by atoms with Crippen molar-refractivity contribution in [1.29, 1.82) is 5.26 Å². The zero-order chi connectivity index (χ0) is 14.9. The largest absolute Gasteiger partial charge is 0.396 e. The number of thiophene rings is 1. The first-order chi connectivity index (χ1) is 9.49. The van der Waals surface area contributed by atoms with E-state index in [1.54, 1.807) is 21.2 Å². The molecule has 0 spiro atoms. The van der Waals surface area contributed by atoms with E-state index in [4.69, 9.17) is 10.5 Å². The van der Waals surface area contributed by atoms with E-state index in [9.17, 15) is 10.1 Å². The molecule has 6 nitrogen and oxygen atoms in total. The summed E-state index contributed by atoms with van der Waals surface area (Å²) in [5, 5.41) is 10.1. The Morgan fingerprint density at radius 2 is 2.30 bits per heavy atom. The number of carbonyl (C=O) groups excluding carboxylic acids is 1. The number of nitrogens with two attached hydrogens (primary N) is 1. The Hall–Kier alpha value is -1.78. The molecule has 1 aromatic rings. The van der Waals surface area contributed by atoms with Crippen LogP contribution in [0.2, 0.25) is 0 Å². The number of rotatable bonds is 3. The van der Waals surface area contributed by atoms with Crippen molar-refractivity contribution in [3.63, 3.8) is 0 Å². The Balaban J connectivity index is 2.37. The molecule has 1 atom stereocenters. The van der Waals surface area contributed by atoms with E-state index in [0.717, 1.165) is 24.5 Å². The first kappa shape index (κ1) is 14.6. The van der Waals surface area contributed by atoms with Crippen molar-refractivity contribution in [2.75, 3.05) is 44.9 Å². The second-order valence-corrected chi connectivity index (χ2v) is 5.93. The summed E-state index contributed by atoms with van der Waals surface area (Å²) < 4.78 is 5.33. The maximum atomic E-state index is 12.1. The number of carbonyl (C=O) groups is 1. The van der Waals surface area contributed by atoms with Gasteiger partial charge >= 0.3 is 0 Å². The molecule has 7 heteroatoms. The van der Waals surface area contributed by atoms with Gasteiger partial charge in [0, 0.05) is 34.3 Å². The highest BCUT2D eigenvalue weighted by molar-refractivity contribution is 7.19. The number of nitrogens with zero attached hydrogens (tertiary/aromatic N) is 3. The van der Waals surface area contributed by atoms with Crippen LogP contribution in [0.15, 0.2) is 0 Å². The van der Waals surface area contributed by atoms with E-state index in [1.165, 1.54) is 16.2 Å². The van der Waals surface area contributed by atoms with E-state index in [1.807, 2.05) is 0 Å². The molecule has 0 radical (unpaired) electrons. The third kappa shape index (κ3) is 2.44. The van der Waals surface area contributed by atoms with Crippen LogP contribution in [-0.2, 0) is 4.74 Å². The van der Waals surface area contributed by atoms with Crippen LogP contribution in [0.4, 0.5) is 10.7 Å². The van der Waals surface area contributed by atoms with E-state index in [-0.39, 0.29) is 17.7 Å². The fourth-order valence-electron chi connectivity index (χ4n) is 2.23. The number of nitrogen functional groups attached to an aromatic ring is 1. The number of hydrogen-bond acceptors (Lipinski definition) is 6. The second-order valence-electron chi connectivity index (χ2n) is 4.93. The van der Waals surface area contributed by atoms with Crippen LogP contribution in [0.3, 0.4) is 0 Å². The molecule has 1 aromatic heterocycles. The highest BCUT2D eigenvalue weighted by atomic mass is 32.1. The molecule has 0 saturated carbocycles. The van der Waals surface area contributed by atoms with Crippen LogP contribution in [0, 0.1) is 11.3 Å². The van der Waals surface area contributed by atoms with Crippen molar-refractivity contribution in [2.45, 2.75) is 12.5 Å². The molecule has 1 aliphatic heterocycles. The third-order valence-electron chi connectivity index (χ3n) is 3.40. The Morgan fingerprint density at radius 1 is 1.60 bits per heavy atom. The fourth-order valence-corrected chi connectivity index (χ4v) is 3.46. The molecule has 0 aromatic carbocycles. The molecule has 1 saturated heterocycles. The topological polar surface area (TPSA) is 82.6 Å². The Kier molecular flexibility index (Phi) is 4.16. The quantitative estimate of drug-likeness (QED) is 0.903. The zero-order valence-corrected chi connectivity index (χ0v) is 12.7. The first-order valence-electron chi connectivity index (χ1n) is 6.31. The van der Waals surface area contributed by atoms with Gasteiger partial charge < -0.3 is 20.3 Å². The SMILES string of the molecule is COC1CCN(c2sc(C(=O)N(C)C)c(N)c2C#N)C1. The summed E-state index contributed by atoms with van der Waals surface area (Å²) in [4.78, 5) is 16.1. The maximum Gasteiger partial charge on any atom is 0.265 e. The number of nitriles is 1. The van der Waals surface area contributed by atoms with Crippen LogP contribution < -0.4 is 10.6 Å². The van der Waals surface area contributed by atoms with E-state index in [2.05, 4.69) is 11.0 Å². The molecule has 2 N–H and O–H groups in total. The summed E-state index contributed by atoms with van der Waals surface area (Å²) in [6.45, 7) is 1.53. The maximum absolute atomic E-state index is 12.1. The summed E-state index contributed by atoms with van der Waals surface area (Å²) >= 11 is 1.29. The van der Waals surface area contributed by atoms with Gasteiger partial charge in [-0.15, -0.1) is 11.3 Å². The minimum Gasteiger partial charge on any atom is -0.396 e. The summed E-state index contributed by atoms with van der Waals surface area (Å²) in [6.07, 6.45) is 1.08. The van der Waals surface area contributed by atoms with Crippen LogP contribution in [-0.4, -0.2) is 51.2 Å². The van der Waals surface area contributed by atoms with Crippen LogP contribution >= 0.6 is 11.3 Å².